The minimum atomic E-state index is -0.145. The van der Waals surface area contributed by atoms with Gasteiger partial charge in [-0.3, -0.25) is 9.59 Å². The maximum absolute atomic E-state index is 12.4. The third-order valence-corrected chi connectivity index (χ3v) is 4.56. The Hall–Kier alpha value is -2.14. The van der Waals surface area contributed by atoms with E-state index in [-0.39, 0.29) is 11.8 Å². The zero-order valence-electron chi connectivity index (χ0n) is 13.5. The van der Waals surface area contributed by atoms with Crippen LogP contribution in [0.1, 0.15) is 35.7 Å². The Morgan fingerprint density at radius 3 is 2.79 bits per heavy atom. The summed E-state index contributed by atoms with van der Waals surface area (Å²) in [6.07, 6.45) is 2.16. The lowest BCUT2D eigenvalue weighted by Gasteiger charge is -2.29. The average molecular weight is 387 g/mol. The Balaban J connectivity index is 1.81. The molecule has 0 saturated carbocycles. The molecule has 3 rings (SSSR count). The van der Waals surface area contributed by atoms with Gasteiger partial charge >= 0.3 is 0 Å². The van der Waals surface area contributed by atoms with E-state index in [1.807, 2.05) is 35.2 Å². The summed E-state index contributed by atoms with van der Waals surface area (Å²) in [6.45, 7) is 2.80. The number of anilines is 2. The molecule has 124 valence electrons. The molecule has 0 unspecified atom stereocenters. The third-order valence-electron chi connectivity index (χ3n) is 4.07. The molecular formula is C19H19BrN2O2. The van der Waals surface area contributed by atoms with Crippen molar-refractivity contribution >= 4 is 39.1 Å². The minimum absolute atomic E-state index is 0.145. The van der Waals surface area contributed by atoms with Crippen molar-refractivity contribution < 1.29 is 9.59 Å². The molecule has 0 fully saturated rings. The van der Waals surface area contributed by atoms with E-state index < -0.39 is 0 Å². The van der Waals surface area contributed by atoms with Gasteiger partial charge in [0.05, 0.1) is 0 Å². The van der Waals surface area contributed by atoms with E-state index >= 15 is 0 Å². The van der Waals surface area contributed by atoms with Gasteiger partial charge in [-0.25, -0.2) is 0 Å². The van der Waals surface area contributed by atoms with Gasteiger partial charge in [0, 0.05) is 34.4 Å². The molecule has 2 amide bonds. The molecule has 2 aromatic rings. The van der Waals surface area contributed by atoms with Crippen LogP contribution in [0.15, 0.2) is 46.9 Å². The van der Waals surface area contributed by atoms with E-state index in [0.29, 0.717) is 12.0 Å². The highest BCUT2D eigenvalue weighted by atomic mass is 79.9. The van der Waals surface area contributed by atoms with E-state index in [2.05, 4.69) is 28.2 Å². The lowest BCUT2D eigenvalue weighted by Crippen LogP contribution is -2.35. The van der Waals surface area contributed by atoms with Crippen LogP contribution in [0.3, 0.4) is 0 Å². The molecule has 1 aliphatic heterocycles. The molecule has 1 N–H and O–H groups in total. The van der Waals surface area contributed by atoms with Crippen LogP contribution >= 0.6 is 15.9 Å². The maximum atomic E-state index is 12.4. The number of fused-ring (bicyclic) bond motifs is 1. The SMILES string of the molecule is CCCN1C(=O)CCc2cc(NC(=O)c3cccc(Br)c3)ccc21. The number of amides is 2. The Morgan fingerprint density at radius 2 is 2.04 bits per heavy atom. The van der Waals surface area contributed by atoms with Crippen molar-refractivity contribution in [3.63, 3.8) is 0 Å². The Bertz CT molecular complexity index is 789. The van der Waals surface area contributed by atoms with Crippen molar-refractivity contribution in [3.8, 4) is 0 Å². The largest absolute Gasteiger partial charge is 0.322 e. The van der Waals surface area contributed by atoms with Crippen molar-refractivity contribution in [2.24, 2.45) is 0 Å². The molecule has 1 aliphatic rings. The first-order valence-electron chi connectivity index (χ1n) is 8.08. The zero-order chi connectivity index (χ0) is 17.1. The first kappa shape index (κ1) is 16.7. The number of hydrogen-bond acceptors (Lipinski definition) is 2. The van der Waals surface area contributed by atoms with Gasteiger partial charge in [0.2, 0.25) is 5.91 Å². The molecule has 4 nitrogen and oxygen atoms in total. The quantitative estimate of drug-likeness (QED) is 0.846. The van der Waals surface area contributed by atoms with Crippen LogP contribution in [0.4, 0.5) is 11.4 Å². The normalized spacial score (nSPS) is 13.6. The van der Waals surface area contributed by atoms with Crippen LogP contribution in [0.25, 0.3) is 0 Å². The van der Waals surface area contributed by atoms with Crippen LogP contribution in [0.2, 0.25) is 0 Å². The number of nitrogens with one attached hydrogen (secondary N) is 1. The van der Waals surface area contributed by atoms with Crippen molar-refractivity contribution in [3.05, 3.63) is 58.1 Å². The second-order valence-corrected chi connectivity index (χ2v) is 6.77. The van der Waals surface area contributed by atoms with E-state index in [4.69, 9.17) is 0 Å². The number of benzene rings is 2. The molecule has 1 heterocycles. The summed E-state index contributed by atoms with van der Waals surface area (Å²) in [5.74, 6) is 0.0313. The second kappa shape index (κ2) is 7.18. The first-order valence-corrected chi connectivity index (χ1v) is 8.88. The average Bonchev–Trinajstić information content (AvgIpc) is 2.57. The number of nitrogens with zero attached hydrogens (tertiary/aromatic N) is 1. The summed E-state index contributed by atoms with van der Waals surface area (Å²) in [5, 5.41) is 2.93. The summed E-state index contributed by atoms with van der Waals surface area (Å²) < 4.78 is 0.870. The molecular weight excluding hydrogens is 368 g/mol. The van der Waals surface area contributed by atoms with E-state index in [0.717, 1.165) is 40.8 Å². The van der Waals surface area contributed by atoms with Crippen LogP contribution in [-0.2, 0) is 11.2 Å². The minimum Gasteiger partial charge on any atom is -0.322 e. The van der Waals surface area contributed by atoms with Gasteiger partial charge < -0.3 is 10.2 Å². The number of carbonyl (C=O) groups excluding carboxylic acids is 2. The summed E-state index contributed by atoms with van der Waals surface area (Å²) >= 11 is 3.37. The molecule has 5 heteroatoms. The van der Waals surface area contributed by atoms with Gasteiger partial charge in [-0.2, -0.15) is 0 Å². The van der Waals surface area contributed by atoms with Gasteiger partial charge in [-0.1, -0.05) is 28.9 Å². The van der Waals surface area contributed by atoms with Crippen molar-refractivity contribution in [2.75, 3.05) is 16.8 Å². The van der Waals surface area contributed by atoms with E-state index in [9.17, 15) is 9.59 Å². The Kier molecular flexibility index (Phi) is 5.00. The van der Waals surface area contributed by atoms with Gasteiger partial charge in [-0.15, -0.1) is 0 Å². The number of carbonyl (C=O) groups is 2. The van der Waals surface area contributed by atoms with Crippen molar-refractivity contribution in [1.29, 1.82) is 0 Å². The predicted octanol–water partition coefficient (Wildman–Crippen LogP) is 4.39. The summed E-state index contributed by atoms with van der Waals surface area (Å²) in [4.78, 5) is 26.3. The lowest BCUT2D eigenvalue weighted by atomic mass is 10.00. The number of halogens is 1. The van der Waals surface area contributed by atoms with Gasteiger partial charge in [0.1, 0.15) is 0 Å². The van der Waals surface area contributed by atoms with E-state index in [1.165, 1.54) is 0 Å². The molecule has 0 bridgehead atoms. The first-order chi connectivity index (χ1) is 11.6. The Labute approximate surface area is 150 Å². The highest BCUT2D eigenvalue weighted by molar-refractivity contribution is 9.10. The standard InChI is InChI=1S/C19H19BrN2O2/c1-2-10-22-17-8-7-16(12-13(17)6-9-18(22)23)21-19(24)14-4-3-5-15(20)11-14/h3-5,7-8,11-12H,2,6,9-10H2,1H3,(H,21,24). The molecule has 24 heavy (non-hydrogen) atoms. The monoisotopic (exact) mass is 386 g/mol. The smallest absolute Gasteiger partial charge is 0.255 e. The van der Waals surface area contributed by atoms with Crippen LogP contribution < -0.4 is 10.2 Å². The summed E-state index contributed by atoms with van der Waals surface area (Å²) in [7, 11) is 0. The van der Waals surface area contributed by atoms with Gasteiger partial charge in [0.15, 0.2) is 0 Å². The van der Waals surface area contributed by atoms with Crippen molar-refractivity contribution in [1.82, 2.24) is 0 Å². The Morgan fingerprint density at radius 1 is 1.21 bits per heavy atom. The molecule has 0 spiro atoms. The number of aryl methyl sites for hydroxylation is 1. The fourth-order valence-electron chi connectivity index (χ4n) is 2.94. The highest BCUT2D eigenvalue weighted by Crippen LogP contribution is 2.30. The van der Waals surface area contributed by atoms with Crippen molar-refractivity contribution in [2.45, 2.75) is 26.2 Å². The van der Waals surface area contributed by atoms with Gasteiger partial charge in [0.25, 0.3) is 5.91 Å². The van der Waals surface area contributed by atoms with Crippen LogP contribution in [0.5, 0.6) is 0 Å². The van der Waals surface area contributed by atoms with Crippen LogP contribution in [-0.4, -0.2) is 18.4 Å². The lowest BCUT2D eigenvalue weighted by molar-refractivity contribution is -0.118. The molecule has 0 saturated heterocycles. The topological polar surface area (TPSA) is 49.4 Å². The van der Waals surface area contributed by atoms with Crippen LogP contribution in [0, 0.1) is 0 Å². The van der Waals surface area contributed by atoms with E-state index in [1.54, 1.807) is 12.1 Å². The molecule has 0 atom stereocenters. The number of hydrogen-bond donors (Lipinski definition) is 1. The third kappa shape index (κ3) is 3.51. The molecule has 0 aromatic heterocycles. The fourth-order valence-corrected chi connectivity index (χ4v) is 3.34. The summed E-state index contributed by atoms with van der Waals surface area (Å²) in [6, 6.07) is 13.0. The predicted molar refractivity (Wildman–Crippen MR) is 99.5 cm³/mol. The maximum Gasteiger partial charge on any atom is 0.255 e. The van der Waals surface area contributed by atoms with Gasteiger partial charge in [-0.05, 0) is 54.8 Å². The highest BCUT2D eigenvalue weighted by Gasteiger charge is 2.23. The summed E-state index contributed by atoms with van der Waals surface area (Å²) in [5.41, 5.74) is 3.43. The zero-order valence-corrected chi connectivity index (χ0v) is 15.1. The molecule has 0 aliphatic carbocycles. The molecule has 2 aromatic carbocycles. The molecule has 0 radical (unpaired) electrons. The number of rotatable bonds is 4. The fraction of sp³-hybridized carbons (Fsp3) is 0.263. The second-order valence-electron chi connectivity index (χ2n) is 5.85.